The average Bonchev–Trinajstić information content (AvgIpc) is 2.45. The number of carbonyl (C=O) groups is 1. The number of nitrogens with one attached hydrogen (secondary N) is 1. The van der Waals surface area contributed by atoms with Crippen LogP contribution in [0.15, 0.2) is 24.3 Å². The summed E-state index contributed by atoms with van der Waals surface area (Å²) >= 11 is 0. The Hall–Kier alpha value is -1.59. The van der Waals surface area contributed by atoms with Crippen LogP contribution >= 0.6 is 0 Å². The molecule has 0 fully saturated rings. The number of hydrogen-bond donors (Lipinski definition) is 1. The fraction of sp³-hybridized carbons (Fsp3) is 0.533. The molecule has 0 radical (unpaired) electrons. The smallest absolute Gasteiger partial charge is 0.307 e. The highest BCUT2D eigenvalue weighted by Gasteiger charge is 2.02. The molecule has 0 saturated heterocycles. The summed E-state index contributed by atoms with van der Waals surface area (Å²) in [5, 5.41) is 3.17. The van der Waals surface area contributed by atoms with Gasteiger partial charge in [-0.15, -0.1) is 0 Å². The Kier molecular flexibility index (Phi) is 8.42. The molecule has 20 heavy (non-hydrogen) atoms. The van der Waals surface area contributed by atoms with E-state index >= 15 is 0 Å². The van der Waals surface area contributed by atoms with Crippen LogP contribution in [0, 0.1) is 6.92 Å². The van der Waals surface area contributed by atoms with Crippen LogP contribution in [0.4, 0.5) is 5.69 Å². The van der Waals surface area contributed by atoms with E-state index in [2.05, 4.69) is 5.32 Å². The van der Waals surface area contributed by atoms with Gasteiger partial charge in [0.15, 0.2) is 0 Å². The van der Waals surface area contributed by atoms with E-state index in [9.17, 15) is 4.79 Å². The van der Waals surface area contributed by atoms with Gasteiger partial charge in [0.05, 0.1) is 26.2 Å². The monoisotopic (exact) mass is 281 g/mol. The van der Waals surface area contributed by atoms with Gasteiger partial charge in [0.1, 0.15) is 6.61 Å². The second-order valence-corrected chi connectivity index (χ2v) is 4.37. The second kappa shape index (κ2) is 10.2. The molecular formula is C15H23NO4. The van der Waals surface area contributed by atoms with Crippen LogP contribution in [0.25, 0.3) is 0 Å². The number of ether oxygens (including phenoxy) is 3. The largest absolute Gasteiger partial charge is 0.463 e. The minimum atomic E-state index is -0.222. The van der Waals surface area contributed by atoms with Gasteiger partial charge in [0.25, 0.3) is 0 Å². The van der Waals surface area contributed by atoms with Crippen LogP contribution in [-0.4, -0.2) is 46.1 Å². The summed E-state index contributed by atoms with van der Waals surface area (Å²) in [6.45, 7) is 4.35. The van der Waals surface area contributed by atoms with Crippen LogP contribution < -0.4 is 5.32 Å². The molecule has 1 aromatic carbocycles. The van der Waals surface area contributed by atoms with Gasteiger partial charge in [-0.05, 0) is 19.1 Å². The molecule has 1 rings (SSSR count). The lowest BCUT2D eigenvalue weighted by molar-refractivity contribution is -0.145. The van der Waals surface area contributed by atoms with Crippen molar-refractivity contribution in [2.75, 3.05) is 45.4 Å². The molecule has 0 spiro atoms. The molecule has 0 heterocycles. The Morgan fingerprint density at radius 2 is 1.80 bits per heavy atom. The zero-order chi connectivity index (χ0) is 14.6. The quantitative estimate of drug-likeness (QED) is 0.525. The molecule has 112 valence electrons. The van der Waals surface area contributed by atoms with E-state index in [-0.39, 0.29) is 12.6 Å². The third-order valence-corrected chi connectivity index (χ3v) is 2.63. The van der Waals surface area contributed by atoms with Gasteiger partial charge >= 0.3 is 5.97 Å². The SMILES string of the molecule is COCCOCCOC(=O)CCNc1ccc(C)cc1. The van der Waals surface area contributed by atoms with Gasteiger partial charge in [-0.2, -0.15) is 0 Å². The van der Waals surface area contributed by atoms with Crippen LogP contribution in [0.1, 0.15) is 12.0 Å². The molecule has 5 heteroatoms. The van der Waals surface area contributed by atoms with Crippen molar-refractivity contribution in [1.82, 2.24) is 0 Å². The van der Waals surface area contributed by atoms with Crippen molar-refractivity contribution in [2.24, 2.45) is 0 Å². The molecule has 0 saturated carbocycles. The van der Waals surface area contributed by atoms with Crippen molar-refractivity contribution >= 4 is 11.7 Å². The first kappa shape index (κ1) is 16.5. The molecular weight excluding hydrogens is 258 g/mol. The molecule has 0 aliphatic carbocycles. The normalized spacial score (nSPS) is 10.3. The predicted molar refractivity (Wildman–Crippen MR) is 77.9 cm³/mol. The molecule has 1 aromatic rings. The molecule has 0 unspecified atom stereocenters. The first-order valence-corrected chi connectivity index (χ1v) is 6.75. The van der Waals surface area contributed by atoms with E-state index in [0.717, 1.165) is 5.69 Å². The Labute approximate surface area is 120 Å². The van der Waals surface area contributed by atoms with E-state index in [1.807, 2.05) is 31.2 Å². The zero-order valence-corrected chi connectivity index (χ0v) is 12.2. The first-order chi connectivity index (χ1) is 9.72. The fourth-order valence-corrected chi connectivity index (χ4v) is 1.51. The van der Waals surface area contributed by atoms with Gasteiger partial charge in [-0.3, -0.25) is 4.79 Å². The minimum Gasteiger partial charge on any atom is -0.463 e. The standard InChI is InChI=1S/C15H23NO4/c1-13-3-5-14(6-4-13)16-8-7-15(17)20-12-11-19-10-9-18-2/h3-6,16H,7-12H2,1-2H3. The summed E-state index contributed by atoms with van der Waals surface area (Å²) in [5.41, 5.74) is 2.22. The number of aryl methyl sites for hydroxylation is 1. The fourth-order valence-electron chi connectivity index (χ4n) is 1.51. The number of hydrogen-bond acceptors (Lipinski definition) is 5. The summed E-state index contributed by atoms with van der Waals surface area (Å²) in [6.07, 6.45) is 0.339. The number of benzene rings is 1. The minimum absolute atomic E-state index is 0.222. The van der Waals surface area contributed by atoms with Crippen molar-refractivity contribution in [2.45, 2.75) is 13.3 Å². The number of esters is 1. The summed E-state index contributed by atoms with van der Waals surface area (Å²) in [4.78, 5) is 11.4. The summed E-state index contributed by atoms with van der Waals surface area (Å²) < 4.78 is 15.1. The van der Waals surface area contributed by atoms with Gasteiger partial charge in [-0.25, -0.2) is 0 Å². The Balaban J connectivity index is 2.01. The molecule has 0 aromatic heterocycles. The summed E-state index contributed by atoms with van der Waals surface area (Å²) in [7, 11) is 1.62. The molecule has 0 aliphatic rings. The highest BCUT2D eigenvalue weighted by Crippen LogP contribution is 2.08. The zero-order valence-electron chi connectivity index (χ0n) is 12.2. The van der Waals surface area contributed by atoms with Crippen LogP contribution in [-0.2, 0) is 19.0 Å². The van der Waals surface area contributed by atoms with Crippen molar-refractivity contribution in [3.63, 3.8) is 0 Å². The van der Waals surface area contributed by atoms with Gasteiger partial charge in [-0.1, -0.05) is 17.7 Å². The van der Waals surface area contributed by atoms with E-state index < -0.39 is 0 Å². The van der Waals surface area contributed by atoms with Crippen molar-refractivity contribution in [1.29, 1.82) is 0 Å². The molecule has 0 aliphatic heterocycles. The van der Waals surface area contributed by atoms with Crippen LogP contribution in [0.5, 0.6) is 0 Å². The summed E-state index contributed by atoms with van der Waals surface area (Å²) in [6, 6.07) is 8.03. The van der Waals surface area contributed by atoms with E-state index in [1.54, 1.807) is 7.11 Å². The number of methoxy groups -OCH3 is 1. The maximum Gasteiger partial charge on any atom is 0.307 e. The average molecular weight is 281 g/mol. The Morgan fingerprint density at radius 3 is 2.50 bits per heavy atom. The van der Waals surface area contributed by atoms with Crippen molar-refractivity contribution < 1.29 is 19.0 Å². The molecule has 1 N–H and O–H groups in total. The third-order valence-electron chi connectivity index (χ3n) is 2.63. The summed E-state index contributed by atoms with van der Waals surface area (Å²) in [5.74, 6) is -0.222. The third kappa shape index (κ3) is 7.76. The maximum absolute atomic E-state index is 11.4. The van der Waals surface area contributed by atoms with E-state index in [1.165, 1.54) is 5.56 Å². The lowest BCUT2D eigenvalue weighted by Crippen LogP contribution is -2.15. The van der Waals surface area contributed by atoms with Crippen molar-refractivity contribution in [3.8, 4) is 0 Å². The first-order valence-electron chi connectivity index (χ1n) is 6.75. The highest BCUT2D eigenvalue weighted by atomic mass is 16.6. The van der Waals surface area contributed by atoms with Crippen LogP contribution in [0.3, 0.4) is 0 Å². The lowest BCUT2D eigenvalue weighted by atomic mass is 10.2. The Bertz CT molecular complexity index is 378. The maximum atomic E-state index is 11.4. The van der Waals surface area contributed by atoms with Gasteiger partial charge < -0.3 is 19.5 Å². The highest BCUT2D eigenvalue weighted by molar-refractivity contribution is 5.70. The topological polar surface area (TPSA) is 56.8 Å². The number of carbonyl (C=O) groups excluding carboxylic acids is 1. The molecule has 0 amide bonds. The lowest BCUT2D eigenvalue weighted by Gasteiger charge is -2.08. The van der Waals surface area contributed by atoms with E-state index in [4.69, 9.17) is 14.2 Å². The van der Waals surface area contributed by atoms with Gasteiger partial charge in [0.2, 0.25) is 0 Å². The second-order valence-electron chi connectivity index (χ2n) is 4.37. The van der Waals surface area contributed by atoms with Gasteiger partial charge in [0, 0.05) is 19.3 Å². The number of rotatable bonds is 10. The van der Waals surface area contributed by atoms with Crippen molar-refractivity contribution in [3.05, 3.63) is 29.8 Å². The van der Waals surface area contributed by atoms with Crippen LogP contribution in [0.2, 0.25) is 0 Å². The number of anilines is 1. The molecule has 0 atom stereocenters. The predicted octanol–water partition coefficient (Wildman–Crippen LogP) is 2.00. The molecule has 0 bridgehead atoms. The van der Waals surface area contributed by atoms with E-state index in [0.29, 0.717) is 32.8 Å². The Morgan fingerprint density at radius 1 is 1.10 bits per heavy atom. The molecule has 5 nitrogen and oxygen atoms in total.